The lowest BCUT2D eigenvalue weighted by Crippen LogP contribution is -2.62. The molecule has 0 aliphatic carbocycles. The summed E-state index contributed by atoms with van der Waals surface area (Å²) in [5.41, 5.74) is 2.33. The maximum atomic E-state index is 6.71. The van der Waals surface area contributed by atoms with E-state index < -0.39 is 0 Å². The molecule has 4 nitrogen and oxygen atoms in total. The molecule has 2 aliphatic rings. The predicted molar refractivity (Wildman–Crippen MR) is 162 cm³/mol. The Hall–Kier alpha value is -1.72. The minimum atomic E-state index is -0.0323. The Morgan fingerprint density at radius 1 is 0.564 bits per heavy atom. The van der Waals surface area contributed by atoms with Gasteiger partial charge in [0.25, 0.3) is 0 Å². The molecule has 2 unspecified atom stereocenters. The van der Waals surface area contributed by atoms with E-state index in [0.717, 1.165) is 25.7 Å². The van der Waals surface area contributed by atoms with Crippen LogP contribution in [0.3, 0.4) is 0 Å². The average Bonchev–Trinajstić information content (AvgIpc) is 2.83. The van der Waals surface area contributed by atoms with E-state index in [4.69, 9.17) is 9.68 Å². The first kappa shape index (κ1) is 30.2. The van der Waals surface area contributed by atoms with Crippen LogP contribution in [0, 0.1) is 11.8 Å². The summed E-state index contributed by atoms with van der Waals surface area (Å²) in [6.45, 7) is 23.3. The predicted octanol–water partition coefficient (Wildman–Crippen LogP) is 9.30. The standard InChI is InChI=1S/C35H54N2O2/c1-26(30-17-13-11-14-18-30)38-36-32(3,4)22-28(23-33(36,5)6)21-29-24-34(7,8)37(35(9,10)25-29)39-27(2)31-19-15-12-16-20-31/h11-20,26-29H,21-25H2,1-10H3. The summed E-state index contributed by atoms with van der Waals surface area (Å²) in [5.74, 6) is 1.35. The van der Waals surface area contributed by atoms with Crippen molar-refractivity contribution in [2.24, 2.45) is 11.8 Å². The van der Waals surface area contributed by atoms with E-state index in [9.17, 15) is 0 Å². The number of benzene rings is 2. The van der Waals surface area contributed by atoms with Crippen LogP contribution in [0.15, 0.2) is 60.7 Å². The first-order valence-electron chi connectivity index (χ1n) is 15.1. The van der Waals surface area contributed by atoms with E-state index >= 15 is 0 Å². The van der Waals surface area contributed by atoms with E-state index in [-0.39, 0.29) is 34.4 Å². The van der Waals surface area contributed by atoms with E-state index in [1.807, 2.05) is 0 Å². The van der Waals surface area contributed by atoms with Crippen molar-refractivity contribution in [3.05, 3.63) is 71.8 Å². The Labute approximate surface area is 239 Å². The molecule has 4 rings (SSSR count). The highest BCUT2D eigenvalue weighted by Crippen LogP contribution is 2.49. The van der Waals surface area contributed by atoms with Crippen LogP contribution in [0.4, 0.5) is 0 Å². The number of rotatable bonds is 8. The summed E-state index contributed by atoms with van der Waals surface area (Å²) in [6, 6.07) is 21.2. The molecule has 2 aromatic rings. The van der Waals surface area contributed by atoms with Gasteiger partial charge in [-0.2, -0.15) is 10.1 Å². The number of hydroxylamine groups is 4. The first-order chi connectivity index (χ1) is 18.1. The number of nitrogens with zero attached hydrogens (tertiary/aromatic N) is 2. The number of piperidine rings is 2. The molecule has 2 atom stereocenters. The fourth-order valence-electron chi connectivity index (χ4n) is 8.20. The molecule has 2 heterocycles. The molecule has 39 heavy (non-hydrogen) atoms. The molecule has 0 radical (unpaired) electrons. The summed E-state index contributed by atoms with van der Waals surface area (Å²) in [7, 11) is 0. The van der Waals surface area contributed by atoms with Crippen molar-refractivity contribution in [3.63, 3.8) is 0 Å². The lowest BCUT2D eigenvalue weighted by molar-refractivity contribution is -0.316. The van der Waals surface area contributed by atoms with Gasteiger partial charge < -0.3 is 0 Å². The lowest BCUT2D eigenvalue weighted by atomic mass is 9.67. The second-order valence-electron chi connectivity index (χ2n) is 14.9. The van der Waals surface area contributed by atoms with E-state index in [1.54, 1.807) is 0 Å². The quantitative estimate of drug-likeness (QED) is 0.337. The Kier molecular flexibility index (Phi) is 8.74. The monoisotopic (exact) mass is 534 g/mol. The third-order valence-corrected chi connectivity index (χ3v) is 9.08. The van der Waals surface area contributed by atoms with Crippen LogP contribution in [-0.2, 0) is 9.68 Å². The van der Waals surface area contributed by atoms with Crippen LogP contribution < -0.4 is 0 Å². The molecule has 216 valence electrons. The van der Waals surface area contributed by atoms with Gasteiger partial charge in [0.2, 0.25) is 0 Å². The summed E-state index contributed by atoms with van der Waals surface area (Å²) in [5, 5.41) is 4.65. The van der Waals surface area contributed by atoms with Gasteiger partial charge in [0.1, 0.15) is 12.2 Å². The molecular formula is C35H54N2O2. The highest BCUT2D eigenvalue weighted by Gasteiger charge is 2.51. The molecule has 0 aromatic heterocycles. The van der Waals surface area contributed by atoms with Crippen LogP contribution in [0.5, 0.6) is 0 Å². The Morgan fingerprint density at radius 2 is 0.846 bits per heavy atom. The third-order valence-electron chi connectivity index (χ3n) is 9.08. The zero-order valence-electron chi connectivity index (χ0n) is 26.3. The molecule has 4 heteroatoms. The zero-order chi connectivity index (χ0) is 28.6. The maximum absolute atomic E-state index is 6.71. The van der Waals surface area contributed by atoms with Crippen LogP contribution in [-0.4, -0.2) is 32.3 Å². The van der Waals surface area contributed by atoms with Crippen LogP contribution >= 0.6 is 0 Å². The van der Waals surface area contributed by atoms with Gasteiger partial charge in [0.15, 0.2) is 0 Å². The summed E-state index contributed by atoms with van der Waals surface area (Å²) in [6.07, 6.45) is 5.95. The minimum absolute atomic E-state index is 0.0323. The maximum Gasteiger partial charge on any atom is 0.102 e. The van der Waals surface area contributed by atoms with Gasteiger partial charge in [-0.3, -0.25) is 9.68 Å². The van der Waals surface area contributed by atoms with Gasteiger partial charge in [-0.25, -0.2) is 0 Å². The van der Waals surface area contributed by atoms with Crippen molar-refractivity contribution in [2.45, 2.75) is 136 Å². The van der Waals surface area contributed by atoms with Gasteiger partial charge in [-0.1, -0.05) is 60.7 Å². The largest absolute Gasteiger partial charge is 0.290 e. The van der Waals surface area contributed by atoms with Crippen molar-refractivity contribution in [2.75, 3.05) is 0 Å². The Morgan fingerprint density at radius 3 is 1.13 bits per heavy atom. The van der Waals surface area contributed by atoms with Crippen LogP contribution in [0.25, 0.3) is 0 Å². The summed E-state index contributed by atoms with van der Waals surface area (Å²) < 4.78 is 0. The second-order valence-corrected chi connectivity index (χ2v) is 14.9. The molecule has 0 amide bonds. The Balaban J connectivity index is 1.42. The van der Waals surface area contributed by atoms with Crippen molar-refractivity contribution in [1.29, 1.82) is 0 Å². The smallest absolute Gasteiger partial charge is 0.102 e. The van der Waals surface area contributed by atoms with Crippen molar-refractivity contribution >= 4 is 0 Å². The van der Waals surface area contributed by atoms with Crippen LogP contribution in [0.2, 0.25) is 0 Å². The second kappa shape index (κ2) is 11.3. The van der Waals surface area contributed by atoms with Gasteiger partial charge >= 0.3 is 0 Å². The molecule has 0 saturated carbocycles. The third kappa shape index (κ3) is 6.96. The van der Waals surface area contributed by atoms with Crippen molar-refractivity contribution < 1.29 is 9.68 Å². The van der Waals surface area contributed by atoms with Gasteiger partial charge in [0, 0.05) is 22.2 Å². The molecule has 0 N–H and O–H groups in total. The molecular weight excluding hydrogens is 480 g/mol. The van der Waals surface area contributed by atoms with Crippen molar-refractivity contribution in [3.8, 4) is 0 Å². The summed E-state index contributed by atoms with van der Waals surface area (Å²) in [4.78, 5) is 13.4. The average molecular weight is 535 g/mol. The lowest BCUT2D eigenvalue weighted by Gasteiger charge is -2.57. The normalized spacial score (nSPS) is 25.3. The fraction of sp³-hybridized carbons (Fsp3) is 0.657. The SMILES string of the molecule is CC(ON1C(C)(C)CC(CC2CC(C)(C)N(OC(C)c3ccccc3)C(C)(C)C2)CC1(C)C)c1ccccc1. The molecule has 2 aliphatic heterocycles. The Bertz CT molecular complexity index is 941. The topological polar surface area (TPSA) is 24.9 Å². The van der Waals surface area contributed by atoms with Gasteiger partial charge in [-0.15, -0.1) is 0 Å². The van der Waals surface area contributed by atoms with Crippen LogP contribution in [0.1, 0.15) is 125 Å². The molecule has 2 saturated heterocycles. The fourth-order valence-corrected chi connectivity index (χ4v) is 8.20. The van der Waals surface area contributed by atoms with E-state index in [2.05, 4.69) is 140 Å². The molecule has 2 aromatic carbocycles. The van der Waals surface area contributed by atoms with E-state index in [1.165, 1.54) is 17.5 Å². The molecule has 0 bridgehead atoms. The van der Waals surface area contributed by atoms with Gasteiger partial charge in [-0.05, 0) is 124 Å². The minimum Gasteiger partial charge on any atom is -0.290 e. The first-order valence-corrected chi connectivity index (χ1v) is 15.1. The highest BCUT2D eigenvalue weighted by molar-refractivity contribution is 5.18. The molecule has 0 spiro atoms. The summed E-state index contributed by atoms with van der Waals surface area (Å²) >= 11 is 0. The number of hydrogen-bond donors (Lipinski definition) is 0. The zero-order valence-corrected chi connectivity index (χ0v) is 26.3. The van der Waals surface area contributed by atoms with E-state index in [0.29, 0.717) is 11.8 Å². The number of hydrogen-bond acceptors (Lipinski definition) is 4. The van der Waals surface area contributed by atoms with Gasteiger partial charge in [0.05, 0.1) is 0 Å². The van der Waals surface area contributed by atoms with Crippen molar-refractivity contribution in [1.82, 2.24) is 10.1 Å². The molecule has 2 fully saturated rings. The highest BCUT2D eigenvalue weighted by atomic mass is 16.7.